The third-order valence-corrected chi connectivity index (χ3v) is 5.44. The number of hydrogen-bond donors (Lipinski definition) is 0. The molecule has 0 radical (unpaired) electrons. The third-order valence-electron chi connectivity index (χ3n) is 5.15. The number of carbonyl (C=O) groups excluding carboxylic acids is 1. The lowest BCUT2D eigenvalue weighted by molar-refractivity contribution is -0.119. The van der Waals surface area contributed by atoms with Gasteiger partial charge < -0.3 is 4.90 Å². The SMILES string of the molecule is Cn1c(=O)c2c(nc(Cl)n2CC(=O)N(Cc2ccccc2)c2ccccc2)n(C)c1=O. The second-order valence-corrected chi connectivity index (χ2v) is 7.48. The van der Waals surface area contributed by atoms with Crippen LogP contribution in [0, 0.1) is 0 Å². The molecule has 9 heteroatoms. The molecule has 0 fully saturated rings. The fourth-order valence-corrected chi connectivity index (χ4v) is 3.71. The number of nitrogens with zero attached hydrogens (tertiary/aromatic N) is 5. The molecule has 0 spiro atoms. The van der Waals surface area contributed by atoms with Gasteiger partial charge in [-0.2, -0.15) is 4.98 Å². The van der Waals surface area contributed by atoms with Gasteiger partial charge in [0.2, 0.25) is 11.2 Å². The summed E-state index contributed by atoms with van der Waals surface area (Å²) >= 11 is 6.29. The standard InChI is InChI=1S/C22H20ClN5O3/c1-25-19-18(20(30)26(2)22(25)31)28(21(23)24-19)14-17(29)27(16-11-7-4-8-12-16)13-15-9-5-3-6-10-15/h3-12H,13-14H2,1-2H3. The van der Waals surface area contributed by atoms with Crippen molar-refractivity contribution in [1.29, 1.82) is 0 Å². The molecule has 0 aliphatic heterocycles. The molecule has 0 saturated carbocycles. The van der Waals surface area contributed by atoms with Crippen LogP contribution < -0.4 is 16.1 Å². The van der Waals surface area contributed by atoms with Gasteiger partial charge in [-0.3, -0.25) is 23.3 Å². The van der Waals surface area contributed by atoms with Crippen LogP contribution in [0.15, 0.2) is 70.3 Å². The Balaban J connectivity index is 1.78. The van der Waals surface area contributed by atoms with Crippen LogP contribution >= 0.6 is 11.6 Å². The Bertz CT molecular complexity index is 1370. The van der Waals surface area contributed by atoms with E-state index in [1.165, 1.54) is 23.2 Å². The molecule has 0 aliphatic carbocycles. The molecule has 0 bridgehead atoms. The van der Waals surface area contributed by atoms with E-state index in [1.807, 2.05) is 60.7 Å². The van der Waals surface area contributed by atoms with Crippen LogP contribution in [0.25, 0.3) is 11.2 Å². The van der Waals surface area contributed by atoms with E-state index in [0.717, 1.165) is 15.8 Å². The smallest absolute Gasteiger partial charge is 0.306 e. The van der Waals surface area contributed by atoms with E-state index in [9.17, 15) is 14.4 Å². The van der Waals surface area contributed by atoms with Gasteiger partial charge in [0.1, 0.15) is 6.54 Å². The molecule has 0 saturated heterocycles. The highest BCUT2D eigenvalue weighted by Gasteiger charge is 2.23. The summed E-state index contributed by atoms with van der Waals surface area (Å²) in [6, 6.07) is 18.9. The number of halogens is 1. The predicted molar refractivity (Wildman–Crippen MR) is 119 cm³/mol. The van der Waals surface area contributed by atoms with Crippen molar-refractivity contribution in [3.8, 4) is 0 Å². The number of hydrogen-bond acceptors (Lipinski definition) is 4. The first-order valence-electron chi connectivity index (χ1n) is 9.59. The molecule has 8 nitrogen and oxygen atoms in total. The van der Waals surface area contributed by atoms with Crippen molar-refractivity contribution in [2.45, 2.75) is 13.1 Å². The summed E-state index contributed by atoms with van der Waals surface area (Å²) in [5.41, 5.74) is 0.854. The topological polar surface area (TPSA) is 82.1 Å². The van der Waals surface area contributed by atoms with E-state index in [4.69, 9.17) is 11.6 Å². The maximum absolute atomic E-state index is 13.4. The van der Waals surface area contributed by atoms with E-state index >= 15 is 0 Å². The van der Waals surface area contributed by atoms with Crippen molar-refractivity contribution in [3.05, 3.63) is 92.3 Å². The third kappa shape index (κ3) is 3.77. The quantitative estimate of drug-likeness (QED) is 0.449. The minimum absolute atomic E-state index is 0.0330. The molecule has 158 valence electrons. The van der Waals surface area contributed by atoms with Gasteiger partial charge in [-0.1, -0.05) is 48.5 Å². The number of aryl methyl sites for hydroxylation is 1. The highest BCUT2D eigenvalue weighted by atomic mass is 35.5. The summed E-state index contributed by atoms with van der Waals surface area (Å²) in [5, 5.41) is -0.0330. The zero-order valence-corrected chi connectivity index (χ0v) is 17.8. The maximum Gasteiger partial charge on any atom is 0.332 e. The van der Waals surface area contributed by atoms with Gasteiger partial charge in [-0.25, -0.2) is 4.79 Å². The Kier molecular flexibility index (Phi) is 5.48. The van der Waals surface area contributed by atoms with Crippen molar-refractivity contribution in [2.75, 3.05) is 4.90 Å². The first kappa shape index (κ1) is 20.6. The average molecular weight is 438 g/mol. The summed E-state index contributed by atoms with van der Waals surface area (Å²) in [6.45, 7) is 0.148. The molecular weight excluding hydrogens is 418 g/mol. The largest absolute Gasteiger partial charge is 0.332 e. The van der Waals surface area contributed by atoms with Crippen LogP contribution in [0.5, 0.6) is 0 Å². The van der Waals surface area contributed by atoms with Gasteiger partial charge in [0.05, 0.1) is 6.54 Å². The van der Waals surface area contributed by atoms with E-state index < -0.39 is 11.2 Å². The van der Waals surface area contributed by atoms with Crippen LogP contribution in [-0.4, -0.2) is 24.6 Å². The van der Waals surface area contributed by atoms with E-state index in [-0.39, 0.29) is 28.9 Å². The molecule has 2 aromatic heterocycles. The lowest BCUT2D eigenvalue weighted by Crippen LogP contribution is -2.38. The zero-order valence-electron chi connectivity index (χ0n) is 17.0. The minimum atomic E-state index is -0.556. The first-order valence-corrected chi connectivity index (χ1v) is 9.97. The number of carbonyl (C=O) groups is 1. The van der Waals surface area contributed by atoms with Crippen LogP contribution in [-0.2, 0) is 32.0 Å². The Hall–Kier alpha value is -3.65. The number of fused-ring (bicyclic) bond motifs is 1. The van der Waals surface area contributed by atoms with Crippen molar-refractivity contribution in [2.24, 2.45) is 14.1 Å². The Morgan fingerprint density at radius 1 is 0.968 bits per heavy atom. The van der Waals surface area contributed by atoms with Crippen LogP contribution in [0.3, 0.4) is 0 Å². The molecule has 4 rings (SSSR count). The van der Waals surface area contributed by atoms with E-state index in [0.29, 0.717) is 6.54 Å². The van der Waals surface area contributed by atoms with Crippen LogP contribution in [0.1, 0.15) is 5.56 Å². The Morgan fingerprint density at radius 3 is 2.23 bits per heavy atom. The molecule has 0 unspecified atom stereocenters. The number of rotatable bonds is 5. The van der Waals surface area contributed by atoms with Crippen LogP contribution in [0.4, 0.5) is 5.69 Å². The van der Waals surface area contributed by atoms with E-state index in [1.54, 1.807) is 4.90 Å². The molecule has 31 heavy (non-hydrogen) atoms. The number of amides is 1. The second kappa shape index (κ2) is 8.23. The number of para-hydroxylation sites is 1. The highest BCUT2D eigenvalue weighted by molar-refractivity contribution is 6.29. The van der Waals surface area contributed by atoms with Crippen molar-refractivity contribution in [3.63, 3.8) is 0 Å². The summed E-state index contributed by atoms with van der Waals surface area (Å²) in [5.74, 6) is -0.271. The van der Waals surface area contributed by atoms with Gasteiger partial charge in [0.25, 0.3) is 5.56 Å². The summed E-state index contributed by atoms with van der Waals surface area (Å²) in [7, 11) is 2.88. The number of aromatic nitrogens is 4. The fourth-order valence-electron chi connectivity index (χ4n) is 3.48. The summed E-state index contributed by atoms with van der Waals surface area (Å²) < 4.78 is 3.56. The number of benzene rings is 2. The molecular formula is C22H20ClN5O3. The van der Waals surface area contributed by atoms with Crippen molar-refractivity contribution < 1.29 is 4.79 Å². The maximum atomic E-state index is 13.4. The second-order valence-electron chi connectivity index (χ2n) is 7.15. The van der Waals surface area contributed by atoms with Gasteiger partial charge in [0.15, 0.2) is 11.2 Å². The zero-order chi connectivity index (χ0) is 22.1. The summed E-state index contributed by atoms with van der Waals surface area (Å²) in [4.78, 5) is 44.1. The molecule has 2 heterocycles. The molecule has 1 amide bonds. The van der Waals surface area contributed by atoms with Crippen molar-refractivity contribution in [1.82, 2.24) is 18.7 Å². The van der Waals surface area contributed by atoms with Gasteiger partial charge in [-0.05, 0) is 29.3 Å². The minimum Gasteiger partial charge on any atom is -0.306 e. The predicted octanol–water partition coefficient (Wildman–Crippen LogP) is 2.32. The normalized spacial score (nSPS) is 11.1. The Labute approximate surface area is 182 Å². The monoisotopic (exact) mass is 437 g/mol. The van der Waals surface area contributed by atoms with E-state index in [2.05, 4.69) is 4.98 Å². The molecule has 0 aliphatic rings. The van der Waals surface area contributed by atoms with Gasteiger partial charge >= 0.3 is 5.69 Å². The molecule has 0 atom stereocenters. The number of anilines is 1. The number of imidazole rings is 1. The van der Waals surface area contributed by atoms with Crippen molar-refractivity contribution >= 4 is 34.4 Å². The average Bonchev–Trinajstić information content (AvgIpc) is 3.12. The molecule has 0 N–H and O–H groups in total. The molecule has 4 aromatic rings. The fraction of sp³-hybridized carbons (Fsp3) is 0.182. The first-order chi connectivity index (χ1) is 14.9. The lowest BCUT2D eigenvalue weighted by Gasteiger charge is -2.23. The van der Waals surface area contributed by atoms with Gasteiger partial charge in [-0.15, -0.1) is 0 Å². The van der Waals surface area contributed by atoms with Crippen LogP contribution in [0.2, 0.25) is 5.28 Å². The van der Waals surface area contributed by atoms with Gasteiger partial charge in [0, 0.05) is 19.8 Å². The summed E-state index contributed by atoms with van der Waals surface area (Å²) in [6.07, 6.45) is 0. The molecule has 2 aromatic carbocycles. The lowest BCUT2D eigenvalue weighted by atomic mass is 10.2. The Morgan fingerprint density at radius 2 is 1.58 bits per heavy atom. The highest BCUT2D eigenvalue weighted by Crippen LogP contribution is 2.20.